The summed E-state index contributed by atoms with van der Waals surface area (Å²) in [5, 5.41) is 6.94. The van der Waals surface area contributed by atoms with Gasteiger partial charge in [-0.15, -0.1) is 5.10 Å². The van der Waals surface area contributed by atoms with E-state index in [0.717, 1.165) is 12.1 Å². The molecule has 0 spiro atoms. The lowest BCUT2D eigenvalue weighted by Gasteiger charge is -2.11. The van der Waals surface area contributed by atoms with Crippen LogP contribution in [-0.4, -0.2) is 21.5 Å². The van der Waals surface area contributed by atoms with Gasteiger partial charge in [-0.05, 0) is 43.6 Å². The van der Waals surface area contributed by atoms with E-state index in [2.05, 4.69) is 21.8 Å². The maximum Gasteiger partial charge on any atom is 0.265 e. The van der Waals surface area contributed by atoms with Crippen molar-refractivity contribution in [2.24, 2.45) is 5.92 Å². The van der Waals surface area contributed by atoms with Gasteiger partial charge < -0.3 is 5.32 Å². The summed E-state index contributed by atoms with van der Waals surface area (Å²) in [4.78, 5) is 12.5. The van der Waals surface area contributed by atoms with E-state index in [4.69, 9.17) is 0 Å². The highest BCUT2D eigenvalue weighted by atomic mass is 32.1. The van der Waals surface area contributed by atoms with Crippen LogP contribution in [0.2, 0.25) is 0 Å². The molecule has 1 saturated carbocycles. The monoisotopic (exact) mass is 225 g/mol. The van der Waals surface area contributed by atoms with E-state index in [-0.39, 0.29) is 11.9 Å². The fourth-order valence-corrected chi connectivity index (χ4v) is 2.25. The van der Waals surface area contributed by atoms with Crippen LogP contribution in [0.25, 0.3) is 0 Å². The van der Waals surface area contributed by atoms with Gasteiger partial charge in [0.25, 0.3) is 5.91 Å². The van der Waals surface area contributed by atoms with Crippen LogP contribution < -0.4 is 5.32 Å². The Balaban J connectivity index is 2.00. The van der Waals surface area contributed by atoms with Crippen molar-refractivity contribution in [3.63, 3.8) is 0 Å². The number of carbonyl (C=O) groups excluding carboxylic acids is 1. The van der Waals surface area contributed by atoms with Crippen LogP contribution in [0.3, 0.4) is 0 Å². The molecule has 4 nitrogen and oxygen atoms in total. The molecule has 1 aliphatic carbocycles. The van der Waals surface area contributed by atoms with Crippen molar-refractivity contribution in [3.8, 4) is 0 Å². The molecular formula is C10H15N3OS. The van der Waals surface area contributed by atoms with Gasteiger partial charge in [0.2, 0.25) is 0 Å². The van der Waals surface area contributed by atoms with Gasteiger partial charge >= 0.3 is 0 Å². The molecule has 82 valence electrons. The first-order valence-corrected chi connectivity index (χ1v) is 6.11. The minimum Gasteiger partial charge on any atom is -0.349 e. The molecule has 1 unspecified atom stereocenters. The number of nitrogens with zero attached hydrogens (tertiary/aromatic N) is 2. The maximum absolute atomic E-state index is 11.8. The molecule has 0 saturated heterocycles. The van der Waals surface area contributed by atoms with Crippen LogP contribution in [0.4, 0.5) is 0 Å². The fraction of sp³-hybridized carbons (Fsp3) is 0.700. The van der Waals surface area contributed by atoms with Gasteiger partial charge in [0.1, 0.15) is 4.88 Å². The summed E-state index contributed by atoms with van der Waals surface area (Å²) < 4.78 is 3.81. The number of rotatable bonds is 4. The molecular weight excluding hydrogens is 210 g/mol. The highest BCUT2D eigenvalue weighted by molar-refractivity contribution is 7.08. The Morgan fingerprint density at radius 2 is 2.40 bits per heavy atom. The Labute approximate surface area is 93.2 Å². The SMILES string of the molecule is CCc1nnsc1C(=O)NC(C)C1CC1. The van der Waals surface area contributed by atoms with Gasteiger partial charge in [-0.3, -0.25) is 4.79 Å². The molecule has 1 aromatic heterocycles. The van der Waals surface area contributed by atoms with Gasteiger partial charge in [0.05, 0.1) is 5.69 Å². The number of aromatic nitrogens is 2. The summed E-state index contributed by atoms with van der Waals surface area (Å²) in [5.74, 6) is 0.668. The zero-order valence-corrected chi connectivity index (χ0v) is 9.80. The van der Waals surface area contributed by atoms with E-state index in [1.54, 1.807) is 0 Å². The van der Waals surface area contributed by atoms with Gasteiger partial charge in [-0.25, -0.2) is 0 Å². The second-order valence-corrected chi connectivity index (χ2v) is 4.76. The lowest BCUT2D eigenvalue weighted by Crippen LogP contribution is -2.34. The summed E-state index contributed by atoms with van der Waals surface area (Å²) in [6.45, 7) is 4.05. The lowest BCUT2D eigenvalue weighted by atomic mass is 10.2. The van der Waals surface area contributed by atoms with E-state index < -0.39 is 0 Å². The third kappa shape index (κ3) is 2.34. The molecule has 0 aliphatic heterocycles. The number of hydrogen-bond donors (Lipinski definition) is 1. The molecule has 5 heteroatoms. The van der Waals surface area contributed by atoms with Crippen LogP contribution in [0.1, 0.15) is 42.1 Å². The first kappa shape index (κ1) is 10.5. The van der Waals surface area contributed by atoms with Crippen molar-refractivity contribution in [2.45, 2.75) is 39.2 Å². The summed E-state index contributed by atoms with van der Waals surface area (Å²) >= 11 is 1.18. The maximum atomic E-state index is 11.8. The second-order valence-electron chi connectivity index (χ2n) is 4.00. The minimum atomic E-state index is -0.0127. The average molecular weight is 225 g/mol. The average Bonchev–Trinajstić information content (AvgIpc) is 2.96. The third-order valence-corrected chi connectivity index (χ3v) is 3.55. The standard InChI is InChI=1S/C10H15N3OS/c1-3-8-9(15-13-12-8)10(14)11-6(2)7-4-5-7/h6-7H,3-5H2,1-2H3,(H,11,14). The van der Waals surface area contributed by atoms with Gasteiger partial charge in [0.15, 0.2) is 0 Å². The Kier molecular flexibility index (Phi) is 3.00. The molecule has 0 radical (unpaired) electrons. The zero-order valence-electron chi connectivity index (χ0n) is 8.99. The predicted molar refractivity (Wildman–Crippen MR) is 58.9 cm³/mol. The topological polar surface area (TPSA) is 54.9 Å². The van der Waals surface area contributed by atoms with Gasteiger partial charge in [-0.1, -0.05) is 11.4 Å². The highest BCUT2D eigenvalue weighted by Gasteiger charge is 2.29. The number of amides is 1. The van der Waals surface area contributed by atoms with E-state index in [0.29, 0.717) is 10.8 Å². The highest BCUT2D eigenvalue weighted by Crippen LogP contribution is 2.32. The summed E-state index contributed by atoms with van der Waals surface area (Å²) in [7, 11) is 0. The van der Waals surface area contributed by atoms with Crippen molar-refractivity contribution >= 4 is 17.4 Å². The number of carbonyl (C=O) groups is 1. The fourth-order valence-electron chi connectivity index (χ4n) is 1.60. The molecule has 1 heterocycles. The summed E-state index contributed by atoms with van der Waals surface area (Å²) in [6.07, 6.45) is 3.24. The molecule has 1 N–H and O–H groups in total. The summed E-state index contributed by atoms with van der Waals surface area (Å²) in [5.41, 5.74) is 0.806. The second kappa shape index (κ2) is 4.26. The van der Waals surface area contributed by atoms with Crippen molar-refractivity contribution in [2.75, 3.05) is 0 Å². The van der Waals surface area contributed by atoms with Crippen molar-refractivity contribution in [1.82, 2.24) is 14.9 Å². The molecule has 0 aromatic carbocycles. The van der Waals surface area contributed by atoms with E-state index in [9.17, 15) is 4.79 Å². The molecule has 1 atom stereocenters. The number of nitrogens with one attached hydrogen (secondary N) is 1. The van der Waals surface area contributed by atoms with Gasteiger partial charge in [0, 0.05) is 6.04 Å². The Morgan fingerprint density at radius 1 is 1.67 bits per heavy atom. The first-order valence-electron chi connectivity index (χ1n) is 5.34. The van der Waals surface area contributed by atoms with E-state index in [1.807, 2.05) is 6.92 Å². The number of hydrogen-bond acceptors (Lipinski definition) is 4. The van der Waals surface area contributed by atoms with Crippen LogP contribution in [0.15, 0.2) is 0 Å². The Morgan fingerprint density at radius 3 is 3.00 bits per heavy atom. The zero-order chi connectivity index (χ0) is 10.8. The smallest absolute Gasteiger partial charge is 0.265 e. The van der Waals surface area contributed by atoms with Crippen LogP contribution in [0, 0.1) is 5.92 Å². The third-order valence-electron chi connectivity index (χ3n) is 2.78. The molecule has 1 aliphatic rings. The van der Waals surface area contributed by atoms with Crippen molar-refractivity contribution in [1.29, 1.82) is 0 Å². The van der Waals surface area contributed by atoms with Crippen LogP contribution in [0.5, 0.6) is 0 Å². The van der Waals surface area contributed by atoms with E-state index >= 15 is 0 Å². The molecule has 1 amide bonds. The van der Waals surface area contributed by atoms with E-state index in [1.165, 1.54) is 24.4 Å². The molecule has 0 bridgehead atoms. The Bertz CT molecular complexity index is 359. The largest absolute Gasteiger partial charge is 0.349 e. The normalized spacial score (nSPS) is 17.5. The molecule has 1 aromatic rings. The summed E-state index contributed by atoms with van der Waals surface area (Å²) in [6, 6.07) is 0.282. The van der Waals surface area contributed by atoms with Crippen molar-refractivity contribution in [3.05, 3.63) is 10.6 Å². The predicted octanol–water partition coefficient (Wildman–Crippen LogP) is 1.63. The van der Waals surface area contributed by atoms with Crippen LogP contribution in [-0.2, 0) is 6.42 Å². The molecule has 1 fully saturated rings. The lowest BCUT2D eigenvalue weighted by molar-refractivity contribution is 0.0939. The number of aryl methyl sites for hydroxylation is 1. The molecule has 2 rings (SSSR count). The minimum absolute atomic E-state index is 0.0127. The Hall–Kier alpha value is -0.970. The van der Waals surface area contributed by atoms with Crippen LogP contribution >= 0.6 is 11.5 Å². The first-order chi connectivity index (χ1) is 7.22. The molecule has 15 heavy (non-hydrogen) atoms. The quantitative estimate of drug-likeness (QED) is 0.847. The van der Waals surface area contributed by atoms with Gasteiger partial charge in [-0.2, -0.15) is 0 Å². The van der Waals surface area contributed by atoms with Crippen molar-refractivity contribution < 1.29 is 4.79 Å².